The third-order valence-electron chi connectivity index (χ3n) is 4.53. The largest absolute Gasteiger partial charge is 0.326 e. The first-order valence-electron chi connectivity index (χ1n) is 8.91. The summed E-state index contributed by atoms with van der Waals surface area (Å²) in [5.74, 6) is -0.105. The number of nitrogens with one attached hydrogen (secondary N) is 4. The van der Waals surface area contributed by atoms with Crippen molar-refractivity contribution in [2.45, 2.75) is 0 Å². The first kappa shape index (κ1) is 16.9. The highest BCUT2D eigenvalue weighted by atomic mass is 19.1. The summed E-state index contributed by atoms with van der Waals surface area (Å²) in [4.78, 5) is 20.2. The molecule has 0 radical (unpaired) electrons. The molecule has 0 unspecified atom stereocenters. The predicted octanol–water partition coefficient (Wildman–Crippen LogP) is 4.57. The van der Waals surface area contributed by atoms with Gasteiger partial charge >= 0.3 is 0 Å². The molecule has 0 aliphatic carbocycles. The standard InChI is InChI=1S/C21H15FN6O/c22-14-2-1-3-15(9-14)25-21-26-17-7-5-12(8-19(17)27-21)20(29)24-16-6-4-13-11-23-28-18(13)10-16/h1-11H,(H,23,28)(H,24,29)(H2,25,26,27). The molecule has 8 heteroatoms. The number of H-pyrrole nitrogens is 2. The molecule has 7 nitrogen and oxygen atoms in total. The van der Waals surface area contributed by atoms with Crippen LogP contribution in [-0.2, 0) is 0 Å². The van der Waals surface area contributed by atoms with Gasteiger partial charge in [0, 0.05) is 22.3 Å². The molecule has 5 aromatic rings. The number of amides is 1. The van der Waals surface area contributed by atoms with Crippen molar-refractivity contribution in [1.29, 1.82) is 0 Å². The Morgan fingerprint density at radius 3 is 2.79 bits per heavy atom. The second-order valence-corrected chi connectivity index (χ2v) is 6.58. The maximum absolute atomic E-state index is 13.3. The van der Waals surface area contributed by atoms with Crippen molar-refractivity contribution in [3.05, 3.63) is 78.2 Å². The van der Waals surface area contributed by atoms with Crippen molar-refractivity contribution in [1.82, 2.24) is 20.2 Å². The van der Waals surface area contributed by atoms with Gasteiger partial charge in [-0.25, -0.2) is 9.37 Å². The molecule has 1 amide bonds. The van der Waals surface area contributed by atoms with Crippen molar-refractivity contribution in [3.8, 4) is 0 Å². The van der Waals surface area contributed by atoms with Crippen molar-refractivity contribution in [2.24, 2.45) is 0 Å². The molecule has 2 heterocycles. The fourth-order valence-corrected chi connectivity index (χ4v) is 3.13. The second-order valence-electron chi connectivity index (χ2n) is 6.58. The minimum absolute atomic E-state index is 0.236. The Hall–Kier alpha value is -4.20. The van der Waals surface area contributed by atoms with Gasteiger partial charge in [0.2, 0.25) is 5.95 Å². The van der Waals surface area contributed by atoms with E-state index in [9.17, 15) is 9.18 Å². The first-order chi connectivity index (χ1) is 14.1. The molecule has 5 rings (SSSR count). The number of rotatable bonds is 4. The van der Waals surface area contributed by atoms with Gasteiger partial charge in [-0.3, -0.25) is 9.89 Å². The lowest BCUT2D eigenvalue weighted by molar-refractivity contribution is 0.102. The molecular weight excluding hydrogens is 371 g/mol. The molecule has 2 aromatic heterocycles. The number of fused-ring (bicyclic) bond motifs is 2. The minimum atomic E-state index is -0.335. The quantitative estimate of drug-likeness (QED) is 0.363. The highest BCUT2D eigenvalue weighted by molar-refractivity contribution is 6.06. The highest BCUT2D eigenvalue weighted by Crippen LogP contribution is 2.21. The summed E-state index contributed by atoms with van der Waals surface area (Å²) in [6.45, 7) is 0. The third kappa shape index (κ3) is 3.39. The number of imidazole rings is 1. The SMILES string of the molecule is O=C(Nc1ccc2cn[nH]c2c1)c1ccc2nc(Nc3cccc(F)c3)[nH]c2c1. The Labute approximate surface area is 164 Å². The number of benzene rings is 3. The van der Waals surface area contributed by atoms with Gasteiger partial charge in [-0.15, -0.1) is 0 Å². The Morgan fingerprint density at radius 1 is 0.966 bits per heavy atom. The Kier molecular flexibility index (Phi) is 3.94. The number of halogens is 1. The van der Waals surface area contributed by atoms with E-state index >= 15 is 0 Å². The zero-order valence-corrected chi connectivity index (χ0v) is 15.0. The fourth-order valence-electron chi connectivity index (χ4n) is 3.13. The van der Waals surface area contributed by atoms with Crippen LogP contribution in [-0.4, -0.2) is 26.1 Å². The van der Waals surface area contributed by atoms with E-state index in [0.717, 1.165) is 10.9 Å². The lowest BCUT2D eigenvalue weighted by Gasteiger charge is -2.05. The molecule has 0 saturated carbocycles. The molecule has 4 N–H and O–H groups in total. The van der Waals surface area contributed by atoms with Crippen LogP contribution in [0.15, 0.2) is 66.9 Å². The summed E-state index contributed by atoms with van der Waals surface area (Å²) in [6, 6.07) is 16.8. The number of nitrogens with zero attached hydrogens (tertiary/aromatic N) is 2. The molecule has 3 aromatic carbocycles. The predicted molar refractivity (Wildman–Crippen MR) is 110 cm³/mol. The van der Waals surface area contributed by atoms with E-state index < -0.39 is 0 Å². The van der Waals surface area contributed by atoms with E-state index in [1.165, 1.54) is 12.1 Å². The Balaban J connectivity index is 1.38. The lowest BCUT2D eigenvalue weighted by Crippen LogP contribution is -2.11. The van der Waals surface area contributed by atoms with Crippen LogP contribution in [0.25, 0.3) is 21.9 Å². The van der Waals surface area contributed by atoms with E-state index in [-0.39, 0.29) is 11.7 Å². The number of aromatic nitrogens is 4. The molecule has 0 bridgehead atoms. The normalized spacial score (nSPS) is 11.1. The minimum Gasteiger partial charge on any atom is -0.326 e. The van der Waals surface area contributed by atoms with Crippen molar-refractivity contribution >= 4 is 45.2 Å². The van der Waals surface area contributed by atoms with Crippen molar-refractivity contribution < 1.29 is 9.18 Å². The zero-order valence-electron chi connectivity index (χ0n) is 15.0. The molecule has 0 saturated heterocycles. The zero-order chi connectivity index (χ0) is 19.8. The number of aromatic amines is 2. The van der Waals surface area contributed by atoms with Gasteiger partial charge in [0.15, 0.2) is 0 Å². The van der Waals surface area contributed by atoms with E-state index in [4.69, 9.17) is 0 Å². The van der Waals surface area contributed by atoms with E-state index in [1.807, 2.05) is 18.2 Å². The number of hydrogen-bond acceptors (Lipinski definition) is 4. The van der Waals surface area contributed by atoms with E-state index in [1.54, 1.807) is 36.5 Å². The summed E-state index contributed by atoms with van der Waals surface area (Å²) in [5, 5.41) is 13.7. The lowest BCUT2D eigenvalue weighted by atomic mass is 10.1. The summed E-state index contributed by atoms with van der Waals surface area (Å²) >= 11 is 0. The summed E-state index contributed by atoms with van der Waals surface area (Å²) < 4.78 is 13.3. The number of carbonyl (C=O) groups excluding carboxylic acids is 1. The molecule has 0 atom stereocenters. The Morgan fingerprint density at radius 2 is 1.90 bits per heavy atom. The van der Waals surface area contributed by atoms with Gasteiger partial charge in [-0.2, -0.15) is 5.10 Å². The number of hydrogen-bond donors (Lipinski definition) is 4. The topological polar surface area (TPSA) is 98.5 Å². The maximum atomic E-state index is 13.3. The highest BCUT2D eigenvalue weighted by Gasteiger charge is 2.10. The van der Waals surface area contributed by atoms with Gasteiger partial charge in [0.05, 0.1) is 22.7 Å². The third-order valence-corrected chi connectivity index (χ3v) is 4.53. The molecule has 142 valence electrons. The molecule has 0 aliphatic heterocycles. The van der Waals surface area contributed by atoms with Gasteiger partial charge in [-0.1, -0.05) is 6.07 Å². The van der Waals surface area contributed by atoms with Crippen LogP contribution in [0.4, 0.5) is 21.7 Å². The monoisotopic (exact) mass is 386 g/mol. The van der Waals surface area contributed by atoms with Crippen LogP contribution in [0, 0.1) is 5.82 Å². The van der Waals surface area contributed by atoms with Gasteiger partial charge in [0.25, 0.3) is 5.91 Å². The van der Waals surface area contributed by atoms with Crippen LogP contribution in [0.5, 0.6) is 0 Å². The average molecular weight is 386 g/mol. The maximum Gasteiger partial charge on any atom is 0.255 e. The van der Waals surface area contributed by atoms with Crippen LogP contribution in [0.3, 0.4) is 0 Å². The van der Waals surface area contributed by atoms with Crippen LogP contribution >= 0.6 is 0 Å². The van der Waals surface area contributed by atoms with Gasteiger partial charge < -0.3 is 15.6 Å². The molecule has 0 aliphatic rings. The van der Waals surface area contributed by atoms with E-state index in [2.05, 4.69) is 30.8 Å². The Bertz CT molecular complexity index is 1360. The summed E-state index contributed by atoms with van der Waals surface area (Å²) in [5.41, 5.74) is 3.98. The van der Waals surface area contributed by atoms with Gasteiger partial charge in [0.1, 0.15) is 5.82 Å². The molecule has 0 spiro atoms. The smallest absolute Gasteiger partial charge is 0.255 e. The first-order valence-corrected chi connectivity index (χ1v) is 8.91. The van der Waals surface area contributed by atoms with E-state index in [0.29, 0.717) is 33.9 Å². The summed E-state index contributed by atoms with van der Waals surface area (Å²) in [7, 11) is 0. The van der Waals surface area contributed by atoms with Gasteiger partial charge in [-0.05, 0) is 54.6 Å². The molecular formula is C21H15FN6O. The van der Waals surface area contributed by atoms with Crippen molar-refractivity contribution in [2.75, 3.05) is 10.6 Å². The molecule has 29 heavy (non-hydrogen) atoms. The summed E-state index contributed by atoms with van der Waals surface area (Å²) in [6.07, 6.45) is 1.72. The fraction of sp³-hybridized carbons (Fsp3) is 0. The second kappa shape index (κ2) is 6.75. The average Bonchev–Trinajstić information content (AvgIpc) is 3.33. The number of anilines is 3. The number of carbonyl (C=O) groups is 1. The van der Waals surface area contributed by atoms with Crippen LogP contribution in [0.1, 0.15) is 10.4 Å². The van der Waals surface area contributed by atoms with Crippen LogP contribution < -0.4 is 10.6 Å². The van der Waals surface area contributed by atoms with Crippen LogP contribution in [0.2, 0.25) is 0 Å². The van der Waals surface area contributed by atoms with Crippen molar-refractivity contribution in [3.63, 3.8) is 0 Å². The molecule has 0 fully saturated rings.